The van der Waals surface area contributed by atoms with Gasteiger partial charge in [0.2, 0.25) is 5.95 Å². The van der Waals surface area contributed by atoms with Gasteiger partial charge in [-0.05, 0) is 51.9 Å². The average molecular weight is 665 g/mol. The number of para-hydroxylation sites is 1. The second kappa shape index (κ2) is 10.9. The lowest BCUT2D eigenvalue weighted by Crippen LogP contribution is -2.19. The largest absolute Gasteiger partial charge is 0.277 e. The maximum absolute atomic E-state index is 14.4. The van der Waals surface area contributed by atoms with E-state index in [-0.39, 0.29) is 5.56 Å². The third-order valence-corrected chi connectivity index (χ3v) is 10.5. The normalized spacial score (nSPS) is 11.9. The van der Waals surface area contributed by atoms with Crippen molar-refractivity contribution in [3.05, 3.63) is 180 Å². The minimum Gasteiger partial charge on any atom is -0.277 e. The summed E-state index contributed by atoms with van der Waals surface area (Å²) in [5.41, 5.74) is 6.34. The van der Waals surface area contributed by atoms with Gasteiger partial charge >= 0.3 is 0 Å². The fraction of sp³-hybridized carbons (Fsp3) is 0. The standard InChI is InChI=1S/C47H28N4O/c52-46-38-22-12-11-21-35(38)42-40(50(46)32-17-5-2-6-18-32)28-26-37-36-25-23-30-14-8-10-20-34(30)44(36)51(45(37)42)47-48-39-27-24-29-13-7-9-19-33(29)41(39)43(49-47)31-15-3-1-4-16-31/h1-28H. The van der Waals surface area contributed by atoms with Crippen LogP contribution in [0.1, 0.15) is 0 Å². The Morgan fingerprint density at radius 3 is 1.79 bits per heavy atom. The quantitative estimate of drug-likeness (QED) is 0.177. The van der Waals surface area contributed by atoms with Gasteiger partial charge in [0.25, 0.3) is 5.56 Å². The van der Waals surface area contributed by atoms with Crippen LogP contribution in [0, 0.1) is 0 Å². The number of aromatic nitrogens is 4. The molecule has 0 N–H and O–H groups in total. The third-order valence-electron chi connectivity index (χ3n) is 10.5. The summed E-state index contributed by atoms with van der Waals surface area (Å²) in [6.45, 7) is 0. The van der Waals surface area contributed by atoms with Crippen LogP contribution < -0.4 is 5.56 Å². The van der Waals surface area contributed by atoms with Gasteiger partial charge in [0.15, 0.2) is 0 Å². The van der Waals surface area contributed by atoms with Crippen molar-refractivity contribution in [2.75, 3.05) is 0 Å². The zero-order chi connectivity index (χ0) is 34.3. The maximum atomic E-state index is 14.4. The van der Waals surface area contributed by atoms with Crippen molar-refractivity contribution in [3.8, 4) is 22.9 Å². The van der Waals surface area contributed by atoms with Crippen LogP contribution in [0.25, 0.3) is 98.8 Å². The molecule has 11 rings (SSSR count). The molecule has 0 amide bonds. The van der Waals surface area contributed by atoms with E-state index in [1.165, 1.54) is 0 Å². The van der Waals surface area contributed by atoms with Crippen molar-refractivity contribution in [2.45, 2.75) is 0 Å². The summed E-state index contributed by atoms with van der Waals surface area (Å²) in [7, 11) is 0. The molecule has 0 radical (unpaired) electrons. The van der Waals surface area contributed by atoms with E-state index in [4.69, 9.17) is 9.97 Å². The van der Waals surface area contributed by atoms with Crippen LogP contribution in [-0.2, 0) is 0 Å². The fourth-order valence-electron chi connectivity index (χ4n) is 8.25. The molecule has 0 saturated carbocycles. The topological polar surface area (TPSA) is 52.7 Å². The lowest BCUT2D eigenvalue weighted by molar-refractivity contribution is 1.02. The van der Waals surface area contributed by atoms with E-state index in [0.717, 1.165) is 87.5 Å². The molecule has 0 aliphatic carbocycles. The monoisotopic (exact) mass is 664 g/mol. The molecule has 8 aromatic carbocycles. The van der Waals surface area contributed by atoms with Gasteiger partial charge in [-0.2, -0.15) is 0 Å². The van der Waals surface area contributed by atoms with E-state index >= 15 is 0 Å². The lowest BCUT2D eigenvalue weighted by atomic mass is 10.0. The van der Waals surface area contributed by atoms with Gasteiger partial charge in [0, 0.05) is 43.6 Å². The van der Waals surface area contributed by atoms with Crippen LogP contribution >= 0.6 is 0 Å². The zero-order valence-electron chi connectivity index (χ0n) is 27.9. The lowest BCUT2D eigenvalue weighted by Gasteiger charge is -2.17. The summed E-state index contributed by atoms with van der Waals surface area (Å²) in [4.78, 5) is 25.3. The summed E-state index contributed by atoms with van der Waals surface area (Å²) in [5, 5.41) is 10.2. The Morgan fingerprint density at radius 1 is 0.404 bits per heavy atom. The minimum atomic E-state index is -0.0537. The summed E-state index contributed by atoms with van der Waals surface area (Å²) < 4.78 is 4.10. The Kier molecular flexibility index (Phi) is 6.04. The van der Waals surface area contributed by atoms with Gasteiger partial charge in [-0.3, -0.25) is 13.9 Å². The van der Waals surface area contributed by atoms with Crippen molar-refractivity contribution in [2.24, 2.45) is 0 Å². The van der Waals surface area contributed by atoms with Crippen LogP contribution in [0.3, 0.4) is 0 Å². The zero-order valence-corrected chi connectivity index (χ0v) is 27.9. The summed E-state index contributed by atoms with van der Waals surface area (Å²) >= 11 is 0. The first-order chi connectivity index (χ1) is 25.7. The predicted octanol–water partition coefficient (Wildman–Crippen LogP) is 11.2. The molecular formula is C47H28N4O. The van der Waals surface area contributed by atoms with Crippen LogP contribution in [-0.4, -0.2) is 19.1 Å². The molecule has 3 heterocycles. The number of pyridine rings is 1. The van der Waals surface area contributed by atoms with E-state index in [1.807, 2.05) is 59.2 Å². The Balaban J connectivity index is 1.40. The van der Waals surface area contributed by atoms with Gasteiger partial charge < -0.3 is 0 Å². The molecule has 3 aromatic heterocycles. The van der Waals surface area contributed by atoms with Gasteiger partial charge in [0.1, 0.15) is 0 Å². The van der Waals surface area contributed by atoms with Crippen LogP contribution in [0.15, 0.2) is 175 Å². The highest BCUT2D eigenvalue weighted by molar-refractivity contribution is 6.28. The third kappa shape index (κ3) is 4.02. The molecule has 0 aliphatic rings. The highest BCUT2D eigenvalue weighted by Crippen LogP contribution is 2.42. The molecule has 5 nitrogen and oxygen atoms in total. The smallest absolute Gasteiger partial charge is 0.263 e. The van der Waals surface area contributed by atoms with E-state index in [1.54, 1.807) is 0 Å². The summed E-state index contributed by atoms with van der Waals surface area (Å²) in [6.07, 6.45) is 0. The second-order valence-corrected chi connectivity index (χ2v) is 13.3. The molecule has 0 atom stereocenters. The first-order valence-corrected chi connectivity index (χ1v) is 17.5. The summed E-state index contributed by atoms with van der Waals surface area (Å²) in [5.74, 6) is 0.576. The van der Waals surface area contributed by atoms with Gasteiger partial charge in [-0.1, -0.05) is 140 Å². The Labute approximate surface area is 297 Å². The Morgan fingerprint density at radius 2 is 1.00 bits per heavy atom. The van der Waals surface area contributed by atoms with Crippen LogP contribution in [0.5, 0.6) is 0 Å². The van der Waals surface area contributed by atoms with E-state index in [9.17, 15) is 4.79 Å². The van der Waals surface area contributed by atoms with Crippen molar-refractivity contribution in [3.63, 3.8) is 0 Å². The Hall–Kier alpha value is -7.11. The molecular weight excluding hydrogens is 637 g/mol. The van der Waals surface area contributed by atoms with Crippen LogP contribution in [0.4, 0.5) is 0 Å². The highest BCUT2D eigenvalue weighted by atomic mass is 16.1. The highest BCUT2D eigenvalue weighted by Gasteiger charge is 2.24. The molecule has 52 heavy (non-hydrogen) atoms. The molecule has 0 bridgehead atoms. The predicted molar refractivity (Wildman–Crippen MR) is 215 cm³/mol. The van der Waals surface area contributed by atoms with E-state index in [2.05, 4.69) is 120 Å². The molecule has 5 heteroatoms. The minimum absolute atomic E-state index is 0.0537. The molecule has 0 fully saturated rings. The fourth-order valence-corrected chi connectivity index (χ4v) is 8.25. The van der Waals surface area contributed by atoms with Gasteiger partial charge in [0.05, 0.1) is 27.8 Å². The molecule has 0 saturated heterocycles. The molecule has 0 spiro atoms. The first kappa shape index (κ1) is 28.7. The van der Waals surface area contributed by atoms with E-state index < -0.39 is 0 Å². The second-order valence-electron chi connectivity index (χ2n) is 13.3. The number of nitrogens with zero attached hydrogens (tertiary/aromatic N) is 4. The van der Waals surface area contributed by atoms with E-state index in [0.29, 0.717) is 11.3 Å². The number of hydrogen-bond donors (Lipinski definition) is 0. The number of rotatable bonds is 3. The Bertz CT molecular complexity index is 3310. The van der Waals surface area contributed by atoms with Crippen LogP contribution in [0.2, 0.25) is 0 Å². The maximum Gasteiger partial charge on any atom is 0.263 e. The molecule has 0 unspecified atom stereocenters. The average Bonchev–Trinajstić information content (AvgIpc) is 3.56. The van der Waals surface area contributed by atoms with Crippen molar-refractivity contribution in [1.29, 1.82) is 0 Å². The van der Waals surface area contributed by atoms with Gasteiger partial charge in [-0.25, -0.2) is 9.97 Å². The summed E-state index contributed by atoms with van der Waals surface area (Å²) in [6, 6.07) is 58.1. The van der Waals surface area contributed by atoms with Crippen molar-refractivity contribution >= 4 is 75.9 Å². The number of fused-ring (bicyclic) bond motifs is 12. The number of hydrogen-bond acceptors (Lipinski definition) is 3. The van der Waals surface area contributed by atoms with Gasteiger partial charge in [-0.15, -0.1) is 0 Å². The first-order valence-electron chi connectivity index (χ1n) is 17.5. The molecule has 242 valence electrons. The number of benzene rings is 8. The van der Waals surface area contributed by atoms with Crippen molar-refractivity contribution < 1.29 is 0 Å². The molecule has 11 aromatic rings. The SMILES string of the molecule is O=c1c2ccccc2c2c(ccc3c4ccc5ccccc5c4n(-c4nc(-c5ccccc5)c5c(ccc6ccccc65)n4)c32)n1-c1ccccc1. The molecule has 0 aliphatic heterocycles. The van der Waals surface area contributed by atoms with Crippen molar-refractivity contribution in [1.82, 2.24) is 19.1 Å².